The fraction of sp³-hybridized carbons (Fsp3) is 0.750. The Kier molecular flexibility index (Phi) is 2.73. The van der Waals surface area contributed by atoms with Gasteiger partial charge in [-0.05, 0) is 33.1 Å². The lowest BCUT2D eigenvalue weighted by Gasteiger charge is -2.27. The zero-order chi connectivity index (χ0) is 9.35. The molecule has 1 atom stereocenters. The highest BCUT2D eigenvalue weighted by Gasteiger charge is 2.40. The number of hydrogen-bond acceptors (Lipinski definition) is 3. The summed E-state index contributed by atoms with van der Waals surface area (Å²) in [5.41, 5.74) is 2.23. The molecule has 1 aliphatic carbocycles. The van der Waals surface area contributed by atoms with Gasteiger partial charge in [-0.2, -0.15) is 0 Å². The Bertz CT molecular complexity index is 205. The van der Waals surface area contributed by atoms with Crippen LogP contribution in [-0.4, -0.2) is 23.2 Å². The quantitative estimate of drug-likeness (QED) is 0.421. The van der Waals surface area contributed by atoms with Crippen molar-refractivity contribution in [2.24, 2.45) is 0 Å². The summed E-state index contributed by atoms with van der Waals surface area (Å²) in [5.74, 6) is 0. The van der Waals surface area contributed by atoms with Gasteiger partial charge in [-0.3, -0.25) is 0 Å². The van der Waals surface area contributed by atoms with E-state index in [1.165, 1.54) is 11.1 Å². The summed E-state index contributed by atoms with van der Waals surface area (Å²) in [6.45, 7) is 4.04. The summed E-state index contributed by atoms with van der Waals surface area (Å²) in [6.07, 6.45) is 2.23. The molecule has 0 heterocycles. The average Bonchev–Trinajstić information content (AvgIpc) is 1.92. The van der Waals surface area contributed by atoms with E-state index in [1.54, 1.807) is 0 Å². The van der Waals surface area contributed by atoms with E-state index in [9.17, 15) is 0 Å². The summed E-state index contributed by atoms with van der Waals surface area (Å²) in [7, 11) is -3.86. The van der Waals surface area contributed by atoms with E-state index in [4.69, 9.17) is 14.4 Å². The monoisotopic (exact) mass is 188 g/mol. The second-order valence-electron chi connectivity index (χ2n) is 3.69. The number of rotatable bonds is 1. The minimum atomic E-state index is -3.86. The van der Waals surface area contributed by atoms with Crippen LogP contribution < -0.4 is 0 Å². The van der Waals surface area contributed by atoms with E-state index >= 15 is 0 Å². The first-order valence-corrected chi connectivity index (χ1v) is 6.15. The van der Waals surface area contributed by atoms with Crippen molar-refractivity contribution in [1.29, 1.82) is 0 Å². The average molecular weight is 188 g/mol. The van der Waals surface area contributed by atoms with Gasteiger partial charge < -0.3 is 14.4 Å². The summed E-state index contributed by atoms with van der Waals surface area (Å²) in [4.78, 5) is 27.2. The molecule has 0 aromatic carbocycles. The van der Waals surface area contributed by atoms with Crippen molar-refractivity contribution in [2.45, 2.75) is 38.7 Å². The van der Waals surface area contributed by atoms with Gasteiger partial charge in [-0.1, -0.05) is 11.1 Å². The molecule has 0 radical (unpaired) electrons. The minimum Gasteiger partial charge on any atom is -0.390 e. The van der Waals surface area contributed by atoms with Gasteiger partial charge in [0, 0.05) is 5.54 Å². The van der Waals surface area contributed by atoms with Crippen LogP contribution in [0.1, 0.15) is 33.1 Å². The summed E-state index contributed by atoms with van der Waals surface area (Å²) >= 11 is 0. The molecule has 0 aliphatic heterocycles. The molecule has 0 amide bonds. The molecule has 1 aliphatic rings. The van der Waals surface area contributed by atoms with E-state index in [1.807, 2.05) is 6.92 Å². The van der Waals surface area contributed by atoms with Crippen molar-refractivity contribution in [3.63, 3.8) is 0 Å². The molecule has 0 fully saturated rings. The molecular weight excluding hydrogens is 172 g/mol. The van der Waals surface area contributed by atoms with E-state index in [0.29, 0.717) is 12.8 Å². The third-order valence-electron chi connectivity index (χ3n) is 2.70. The van der Waals surface area contributed by atoms with Crippen LogP contribution in [0, 0.1) is 0 Å². The van der Waals surface area contributed by atoms with Crippen molar-refractivity contribution < 1.29 is 14.4 Å². The Morgan fingerprint density at radius 1 is 1.17 bits per heavy atom. The predicted octanol–water partition coefficient (Wildman–Crippen LogP) is 0.793. The standard InChI is InChI=1S/C8H16O3Si/c1-6-3-4-8(5-7(6)2)12(9,10)11/h8-11H,3-5H2,1-2H3. The number of allylic oxidation sites excluding steroid dienone is 2. The lowest BCUT2D eigenvalue weighted by Crippen LogP contribution is -2.41. The summed E-state index contributed by atoms with van der Waals surface area (Å²) in [5, 5.41) is 0. The van der Waals surface area contributed by atoms with Gasteiger partial charge in [0.05, 0.1) is 0 Å². The van der Waals surface area contributed by atoms with Crippen molar-refractivity contribution in [2.75, 3.05) is 0 Å². The normalized spacial score (nSPS) is 26.2. The smallest absolute Gasteiger partial charge is 0.390 e. The Hall–Kier alpha value is -0.163. The first-order chi connectivity index (χ1) is 5.41. The first kappa shape index (κ1) is 9.92. The fourth-order valence-electron chi connectivity index (χ4n) is 1.58. The molecule has 0 aromatic rings. The lowest BCUT2D eigenvalue weighted by molar-refractivity contribution is 0.204. The molecule has 0 saturated carbocycles. The molecule has 12 heavy (non-hydrogen) atoms. The second kappa shape index (κ2) is 3.30. The largest absolute Gasteiger partial charge is 0.496 e. The first-order valence-electron chi connectivity index (χ1n) is 4.23. The molecule has 3 N–H and O–H groups in total. The van der Waals surface area contributed by atoms with Crippen molar-refractivity contribution in [3.05, 3.63) is 11.1 Å². The molecule has 1 unspecified atom stereocenters. The topological polar surface area (TPSA) is 60.7 Å². The molecule has 0 spiro atoms. The van der Waals surface area contributed by atoms with Crippen LogP contribution in [0.25, 0.3) is 0 Å². The second-order valence-corrected chi connectivity index (χ2v) is 5.88. The maximum absolute atomic E-state index is 9.07. The van der Waals surface area contributed by atoms with Crippen molar-refractivity contribution in [3.8, 4) is 0 Å². The molecule has 3 nitrogen and oxygen atoms in total. The Morgan fingerprint density at radius 2 is 1.75 bits per heavy atom. The summed E-state index contributed by atoms with van der Waals surface area (Å²) in [6, 6.07) is 0. The highest BCUT2D eigenvalue weighted by Crippen LogP contribution is 2.36. The highest BCUT2D eigenvalue weighted by molar-refractivity contribution is 6.58. The maximum Gasteiger partial charge on any atom is 0.496 e. The molecular formula is C8H16O3Si. The Morgan fingerprint density at radius 3 is 2.17 bits per heavy atom. The van der Waals surface area contributed by atoms with Gasteiger partial charge in [0.2, 0.25) is 0 Å². The third kappa shape index (κ3) is 2.16. The fourth-order valence-corrected chi connectivity index (χ4v) is 2.69. The van der Waals surface area contributed by atoms with E-state index in [2.05, 4.69) is 6.92 Å². The Balaban J connectivity index is 2.67. The lowest BCUT2D eigenvalue weighted by atomic mass is 9.93. The Labute approximate surface area is 73.7 Å². The van der Waals surface area contributed by atoms with Gasteiger partial charge in [0.15, 0.2) is 0 Å². The van der Waals surface area contributed by atoms with Crippen LogP contribution in [0.3, 0.4) is 0 Å². The van der Waals surface area contributed by atoms with Crippen LogP contribution >= 0.6 is 0 Å². The van der Waals surface area contributed by atoms with Crippen LogP contribution in [-0.2, 0) is 0 Å². The number of hydrogen-bond donors (Lipinski definition) is 3. The third-order valence-corrected chi connectivity index (χ3v) is 4.28. The van der Waals surface area contributed by atoms with Crippen LogP contribution in [0.15, 0.2) is 11.1 Å². The zero-order valence-electron chi connectivity index (χ0n) is 7.54. The van der Waals surface area contributed by atoms with Gasteiger partial charge in [-0.15, -0.1) is 0 Å². The van der Waals surface area contributed by atoms with Gasteiger partial charge in [0.25, 0.3) is 0 Å². The van der Waals surface area contributed by atoms with Gasteiger partial charge in [0.1, 0.15) is 0 Å². The van der Waals surface area contributed by atoms with Gasteiger partial charge in [-0.25, -0.2) is 0 Å². The van der Waals surface area contributed by atoms with E-state index < -0.39 is 8.80 Å². The zero-order valence-corrected chi connectivity index (χ0v) is 8.54. The van der Waals surface area contributed by atoms with E-state index in [-0.39, 0.29) is 5.54 Å². The van der Waals surface area contributed by atoms with Crippen LogP contribution in [0.2, 0.25) is 5.54 Å². The van der Waals surface area contributed by atoms with Crippen LogP contribution in [0.4, 0.5) is 0 Å². The highest BCUT2D eigenvalue weighted by atomic mass is 28.4. The maximum atomic E-state index is 9.07. The summed E-state index contributed by atoms with van der Waals surface area (Å²) < 4.78 is 0. The van der Waals surface area contributed by atoms with E-state index in [0.717, 1.165) is 6.42 Å². The molecule has 0 saturated heterocycles. The minimum absolute atomic E-state index is 0.291. The molecule has 1 rings (SSSR count). The van der Waals surface area contributed by atoms with Crippen molar-refractivity contribution >= 4 is 8.80 Å². The predicted molar refractivity (Wildman–Crippen MR) is 48.4 cm³/mol. The van der Waals surface area contributed by atoms with Crippen LogP contribution in [0.5, 0.6) is 0 Å². The van der Waals surface area contributed by atoms with Gasteiger partial charge >= 0.3 is 8.80 Å². The molecule has 0 aromatic heterocycles. The molecule has 4 heteroatoms. The molecule has 70 valence electrons. The SMILES string of the molecule is CC1=C(C)CC([Si](O)(O)O)CC1. The molecule has 0 bridgehead atoms. The van der Waals surface area contributed by atoms with Crippen molar-refractivity contribution in [1.82, 2.24) is 0 Å².